The van der Waals surface area contributed by atoms with Gasteiger partial charge in [-0.15, -0.1) is 0 Å². The van der Waals surface area contributed by atoms with E-state index < -0.39 is 0 Å². The van der Waals surface area contributed by atoms with E-state index in [0.717, 1.165) is 17.8 Å². The van der Waals surface area contributed by atoms with Gasteiger partial charge in [0.2, 0.25) is 0 Å². The van der Waals surface area contributed by atoms with Crippen LogP contribution in [-0.4, -0.2) is 16.5 Å². The van der Waals surface area contributed by atoms with E-state index in [-0.39, 0.29) is 5.82 Å². The van der Waals surface area contributed by atoms with Crippen LogP contribution in [0, 0.1) is 5.82 Å². The molecule has 1 aromatic carbocycles. The minimum Gasteiger partial charge on any atom is -0.311 e. The van der Waals surface area contributed by atoms with Gasteiger partial charge in [0, 0.05) is 24.2 Å². The topological polar surface area (TPSA) is 37.8 Å². The average molecular weight is 280 g/mol. The van der Waals surface area contributed by atoms with Crippen molar-refractivity contribution in [3.05, 3.63) is 58.4 Å². The van der Waals surface area contributed by atoms with Gasteiger partial charge < -0.3 is 5.32 Å². The summed E-state index contributed by atoms with van der Waals surface area (Å²) in [6, 6.07) is 6.24. The minimum absolute atomic E-state index is 0.337. The number of benzene rings is 1. The van der Waals surface area contributed by atoms with Crippen molar-refractivity contribution in [1.29, 1.82) is 0 Å². The van der Waals surface area contributed by atoms with Gasteiger partial charge in [0.15, 0.2) is 0 Å². The number of halogens is 2. The molecule has 3 nitrogen and oxygen atoms in total. The zero-order valence-electron chi connectivity index (χ0n) is 10.7. The van der Waals surface area contributed by atoms with Gasteiger partial charge in [-0.3, -0.25) is 0 Å². The van der Waals surface area contributed by atoms with Gasteiger partial charge in [-0.2, -0.15) is 0 Å². The van der Waals surface area contributed by atoms with E-state index in [1.807, 2.05) is 13.0 Å². The number of aromatic nitrogens is 2. The molecule has 1 aromatic heterocycles. The van der Waals surface area contributed by atoms with E-state index in [0.29, 0.717) is 23.8 Å². The lowest BCUT2D eigenvalue weighted by molar-refractivity contribution is 0.627. The second-order valence-electron chi connectivity index (χ2n) is 4.16. The number of hydrogen-bond donors (Lipinski definition) is 1. The second-order valence-corrected chi connectivity index (χ2v) is 4.56. The summed E-state index contributed by atoms with van der Waals surface area (Å²) in [5, 5.41) is 3.61. The van der Waals surface area contributed by atoms with Gasteiger partial charge in [-0.05, 0) is 30.3 Å². The molecule has 2 rings (SSSR count). The van der Waals surface area contributed by atoms with Crippen molar-refractivity contribution in [2.24, 2.45) is 0 Å². The van der Waals surface area contributed by atoms with Crippen LogP contribution >= 0.6 is 11.6 Å². The number of nitrogens with zero attached hydrogens (tertiary/aromatic N) is 2. The highest BCUT2D eigenvalue weighted by molar-refractivity contribution is 6.31. The van der Waals surface area contributed by atoms with E-state index in [2.05, 4.69) is 15.3 Å². The Bertz CT molecular complexity index is 560. The summed E-state index contributed by atoms with van der Waals surface area (Å²) < 4.78 is 13.0. The third-order valence-corrected chi connectivity index (χ3v) is 3.03. The Morgan fingerprint density at radius 2 is 2.16 bits per heavy atom. The Hall–Kier alpha value is -1.52. The molecule has 5 heteroatoms. The second kappa shape index (κ2) is 6.59. The van der Waals surface area contributed by atoms with E-state index >= 15 is 0 Å². The van der Waals surface area contributed by atoms with Crippen LogP contribution in [0.3, 0.4) is 0 Å². The Balaban J connectivity index is 2.14. The lowest BCUT2D eigenvalue weighted by Crippen LogP contribution is -2.13. The molecule has 0 unspecified atom stereocenters. The maximum absolute atomic E-state index is 13.0. The number of nitrogens with one attached hydrogen (secondary N) is 1. The summed E-state index contributed by atoms with van der Waals surface area (Å²) in [4.78, 5) is 8.66. The molecule has 0 bridgehead atoms. The fourth-order valence-electron chi connectivity index (χ4n) is 1.71. The van der Waals surface area contributed by atoms with E-state index in [1.54, 1.807) is 12.3 Å². The first kappa shape index (κ1) is 13.9. The van der Waals surface area contributed by atoms with Crippen molar-refractivity contribution in [2.45, 2.75) is 19.9 Å². The van der Waals surface area contributed by atoms with Crippen molar-refractivity contribution in [3.8, 4) is 0 Å². The fraction of sp³-hybridized carbons (Fsp3) is 0.286. The van der Waals surface area contributed by atoms with Crippen LogP contribution in [0.2, 0.25) is 5.02 Å². The van der Waals surface area contributed by atoms with Crippen LogP contribution in [0.25, 0.3) is 0 Å². The molecule has 0 spiro atoms. The summed E-state index contributed by atoms with van der Waals surface area (Å²) in [6.45, 7) is 3.65. The SMILES string of the molecule is CCNCc1ccnc(Cc2ccc(F)cc2Cl)n1. The number of hydrogen-bond acceptors (Lipinski definition) is 3. The van der Waals surface area contributed by atoms with Crippen LogP contribution in [0.1, 0.15) is 24.0 Å². The van der Waals surface area contributed by atoms with Crippen LogP contribution in [0.15, 0.2) is 30.5 Å². The van der Waals surface area contributed by atoms with Gasteiger partial charge >= 0.3 is 0 Å². The van der Waals surface area contributed by atoms with E-state index in [9.17, 15) is 4.39 Å². The monoisotopic (exact) mass is 279 g/mol. The zero-order valence-corrected chi connectivity index (χ0v) is 11.4. The molecular weight excluding hydrogens is 265 g/mol. The zero-order chi connectivity index (χ0) is 13.7. The third kappa shape index (κ3) is 3.98. The lowest BCUT2D eigenvalue weighted by Gasteiger charge is -2.06. The molecule has 0 fully saturated rings. The van der Waals surface area contributed by atoms with Gasteiger partial charge in [0.1, 0.15) is 11.6 Å². The van der Waals surface area contributed by atoms with Crippen molar-refractivity contribution >= 4 is 11.6 Å². The predicted octanol–water partition coefficient (Wildman–Crippen LogP) is 2.97. The van der Waals surface area contributed by atoms with Crippen LogP contribution in [-0.2, 0) is 13.0 Å². The molecule has 1 heterocycles. The first-order chi connectivity index (χ1) is 9.19. The van der Waals surface area contributed by atoms with E-state index in [4.69, 9.17) is 11.6 Å². The molecule has 0 saturated heterocycles. The maximum Gasteiger partial charge on any atom is 0.133 e. The lowest BCUT2D eigenvalue weighted by atomic mass is 10.1. The normalized spacial score (nSPS) is 10.7. The highest BCUT2D eigenvalue weighted by Crippen LogP contribution is 2.19. The van der Waals surface area contributed by atoms with Crippen molar-refractivity contribution in [2.75, 3.05) is 6.54 Å². The maximum atomic E-state index is 13.0. The first-order valence-electron chi connectivity index (χ1n) is 6.14. The smallest absolute Gasteiger partial charge is 0.133 e. The molecule has 1 N–H and O–H groups in total. The first-order valence-corrected chi connectivity index (χ1v) is 6.52. The molecule has 0 amide bonds. The van der Waals surface area contributed by atoms with Crippen molar-refractivity contribution in [3.63, 3.8) is 0 Å². The number of rotatable bonds is 5. The molecular formula is C14H15ClFN3. The van der Waals surface area contributed by atoms with Gasteiger partial charge in [0.25, 0.3) is 0 Å². The largest absolute Gasteiger partial charge is 0.311 e. The van der Waals surface area contributed by atoms with Crippen LogP contribution in [0.4, 0.5) is 4.39 Å². The summed E-state index contributed by atoms with van der Waals surface area (Å²) in [6.07, 6.45) is 2.23. The van der Waals surface area contributed by atoms with Crippen LogP contribution in [0.5, 0.6) is 0 Å². The average Bonchev–Trinajstić information content (AvgIpc) is 2.40. The molecule has 100 valence electrons. The Morgan fingerprint density at radius 3 is 2.89 bits per heavy atom. The molecule has 19 heavy (non-hydrogen) atoms. The molecule has 2 aromatic rings. The van der Waals surface area contributed by atoms with Gasteiger partial charge in [-0.1, -0.05) is 24.6 Å². The molecule has 0 aliphatic carbocycles. The van der Waals surface area contributed by atoms with Gasteiger partial charge in [0.05, 0.1) is 5.69 Å². The fourth-order valence-corrected chi connectivity index (χ4v) is 1.95. The predicted molar refractivity (Wildman–Crippen MR) is 73.6 cm³/mol. The van der Waals surface area contributed by atoms with Gasteiger partial charge in [-0.25, -0.2) is 14.4 Å². The Morgan fingerprint density at radius 1 is 1.32 bits per heavy atom. The molecule has 0 radical (unpaired) electrons. The molecule has 0 aliphatic heterocycles. The highest BCUT2D eigenvalue weighted by Gasteiger charge is 2.06. The minimum atomic E-state index is -0.337. The third-order valence-electron chi connectivity index (χ3n) is 2.68. The quantitative estimate of drug-likeness (QED) is 0.914. The summed E-state index contributed by atoms with van der Waals surface area (Å²) in [7, 11) is 0. The van der Waals surface area contributed by atoms with Crippen molar-refractivity contribution < 1.29 is 4.39 Å². The summed E-state index contributed by atoms with van der Waals surface area (Å²) in [5.74, 6) is 0.347. The van der Waals surface area contributed by atoms with E-state index in [1.165, 1.54) is 12.1 Å². The Labute approximate surface area is 116 Å². The molecule has 0 aliphatic rings. The Kier molecular flexibility index (Phi) is 4.82. The molecule has 0 saturated carbocycles. The standard InChI is InChI=1S/C14H15ClFN3/c1-2-17-9-12-5-6-18-14(19-12)7-10-3-4-11(16)8-13(10)15/h3-6,8,17H,2,7,9H2,1H3. The molecule has 0 atom stereocenters. The summed E-state index contributed by atoms with van der Waals surface area (Å²) in [5.41, 5.74) is 1.76. The highest BCUT2D eigenvalue weighted by atomic mass is 35.5. The summed E-state index contributed by atoms with van der Waals surface area (Å²) >= 11 is 5.99. The van der Waals surface area contributed by atoms with Crippen LogP contribution < -0.4 is 5.32 Å². The van der Waals surface area contributed by atoms with Crippen molar-refractivity contribution in [1.82, 2.24) is 15.3 Å².